The Labute approximate surface area is 190 Å². The van der Waals surface area contributed by atoms with Crippen LogP contribution >= 0.6 is 15.9 Å². The number of nitrogens with one attached hydrogen (secondary N) is 1. The van der Waals surface area contributed by atoms with E-state index in [1.165, 1.54) is 12.5 Å². The number of aromatic nitrogens is 4. The summed E-state index contributed by atoms with van der Waals surface area (Å²) in [6.07, 6.45) is 6.58. The maximum atomic E-state index is 13.2. The molecule has 2 heterocycles. The van der Waals surface area contributed by atoms with Crippen LogP contribution < -0.4 is 5.32 Å². The molecule has 1 fully saturated rings. The Balaban J connectivity index is 1.53. The van der Waals surface area contributed by atoms with Crippen molar-refractivity contribution in [2.75, 3.05) is 11.9 Å². The second-order valence-corrected chi connectivity index (χ2v) is 9.17. The van der Waals surface area contributed by atoms with Crippen LogP contribution in [0.2, 0.25) is 0 Å². The smallest absolute Gasteiger partial charge is 0.218 e. The number of ketones is 1. The number of hydrogen-bond donors (Lipinski definition) is 2. The van der Waals surface area contributed by atoms with Crippen molar-refractivity contribution in [2.24, 2.45) is 11.8 Å². The Hall–Kier alpha value is -2.58. The zero-order valence-corrected chi connectivity index (χ0v) is 19.2. The predicted octanol–water partition coefficient (Wildman–Crippen LogP) is 4.09. The first-order valence-electron chi connectivity index (χ1n) is 10.5. The average Bonchev–Trinajstić information content (AvgIpc) is 3.40. The van der Waals surface area contributed by atoms with Gasteiger partial charge in [0, 0.05) is 29.5 Å². The molecule has 0 aliphatic heterocycles. The standard InChI is InChI=1S/C23H26BrN5O2/c1-14-8-19(10-17(14)12-30)27-23-20(11-25-13-26-23)22(31)21-6-7-29(28-21)15(2)16-4-3-5-18(24)9-16/h3-7,9,11,13-15,17,19,30H,8,10,12H2,1-2H3,(H,25,26,27)/t14-,15?,17+,19-/m0/s1. The molecule has 2 aromatic heterocycles. The maximum Gasteiger partial charge on any atom is 0.218 e. The molecule has 0 amide bonds. The quantitative estimate of drug-likeness (QED) is 0.491. The number of hydrogen-bond acceptors (Lipinski definition) is 6. The van der Waals surface area contributed by atoms with Crippen molar-refractivity contribution in [3.05, 3.63) is 70.3 Å². The summed E-state index contributed by atoms with van der Waals surface area (Å²) < 4.78 is 2.79. The Morgan fingerprint density at radius 2 is 2.19 bits per heavy atom. The molecule has 0 saturated heterocycles. The molecule has 1 aliphatic carbocycles. The number of carbonyl (C=O) groups is 1. The van der Waals surface area contributed by atoms with E-state index in [1.807, 2.05) is 37.4 Å². The Morgan fingerprint density at radius 3 is 2.94 bits per heavy atom. The minimum absolute atomic E-state index is 0.0148. The van der Waals surface area contributed by atoms with Crippen molar-refractivity contribution in [3.8, 4) is 0 Å². The van der Waals surface area contributed by atoms with Gasteiger partial charge in [0.1, 0.15) is 17.8 Å². The van der Waals surface area contributed by atoms with Crippen LogP contribution in [0.4, 0.5) is 5.82 Å². The van der Waals surface area contributed by atoms with Crippen molar-refractivity contribution in [3.63, 3.8) is 0 Å². The fourth-order valence-corrected chi connectivity index (χ4v) is 4.66. The number of nitrogens with zero attached hydrogens (tertiary/aromatic N) is 4. The van der Waals surface area contributed by atoms with Crippen LogP contribution in [0, 0.1) is 11.8 Å². The van der Waals surface area contributed by atoms with Gasteiger partial charge in [0.25, 0.3) is 0 Å². The van der Waals surface area contributed by atoms with Gasteiger partial charge in [-0.05, 0) is 55.4 Å². The Morgan fingerprint density at radius 1 is 1.35 bits per heavy atom. The van der Waals surface area contributed by atoms with E-state index in [-0.39, 0.29) is 30.4 Å². The van der Waals surface area contributed by atoms with Gasteiger partial charge in [-0.15, -0.1) is 0 Å². The van der Waals surface area contributed by atoms with Gasteiger partial charge >= 0.3 is 0 Å². The van der Waals surface area contributed by atoms with Crippen molar-refractivity contribution < 1.29 is 9.90 Å². The number of anilines is 1. The van der Waals surface area contributed by atoms with Gasteiger partial charge in [-0.2, -0.15) is 5.10 Å². The summed E-state index contributed by atoms with van der Waals surface area (Å²) in [5.41, 5.74) is 1.85. The number of carbonyl (C=O) groups excluding carboxylic acids is 1. The molecule has 0 bridgehead atoms. The third kappa shape index (κ3) is 4.70. The van der Waals surface area contributed by atoms with E-state index in [0.29, 0.717) is 23.0 Å². The SMILES string of the molecule is CC(c1cccc(Br)c1)n1ccc(C(=O)c2cncnc2N[C@@H]2C[C@H](CO)[C@@H](C)C2)n1. The first kappa shape index (κ1) is 21.6. The number of aliphatic hydroxyl groups excluding tert-OH is 1. The summed E-state index contributed by atoms with van der Waals surface area (Å²) >= 11 is 3.50. The largest absolute Gasteiger partial charge is 0.396 e. The first-order chi connectivity index (χ1) is 15.0. The van der Waals surface area contributed by atoms with Gasteiger partial charge in [0.2, 0.25) is 5.78 Å². The molecular weight excluding hydrogens is 458 g/mol. The molecule has 162 valence electrons. The normalized spacial score (nSPS) is 21.7. The van der Waals surface area contributed by atoms with E-state index in [9.17, 15) is 9.90 Å². The second kappa shape index (κ2) is 9.28. The fraction of sp³-hybridized carbons (Fsp3) is 0.391. The fourth-order valence-electron chi connectivity index (χ4n) is 4.24. The van der Waals surface area contributed by atoms with E-state index in [0.717, 1.165) is 22.9 Å². The molecule has 0 spiro atoms. The lowest BCUT2D eigenvalue weighted by Crippen LogP contribution is -2.20. The minimum Gasteiger partial charge on any atom is -0.396 e. The molecule has 8 heteroatoms. The van der Waals surface area contributed by atoms with E-state index in [4.69, 9.17) is 0 Å². The summed E-state index contributed by atoms with van der Waals surface area (Å²) in [6, 6.07) is 9.92. The molecule has 4 atom stereocenters. The highest BCUT2D eigenvalue weighted by molar-refractivity contribution is 9.10. The molecular formula is C23H26BrN5O2. The molecule has 2 N–H and O–H groups in total. The van der Waals surface area contributed by atoms with Gasteiger partial charge < -0.3 is 10.4 Å². The van der Waals surface area contributed by atoms with Crippen LogP contribution in [0.25, 0.3) is 0 Å². The molecule has 0 radical (unpaired) electrons. The third-order valence-electron chi connectivity index (χ3n) is 6.15. The maximum absolute atomic E-state index is 13.2. The van der Waals surface area contributed by atoms with Gasteiger partial charge in [-0.25, -0.2) is 9.97 Å². The predicted molar refractivity (Wildman–Crippen MR) is 122 cm³/mol. The molecule has 3 aromatic rings. The molecule has 1 aromatic carbocycles. The van der Waals surface area contributed by atoms with Crippen molar-refractivity contribution in [2.45, 2.75) is 38.8 Å². The zero-order valence-electron chi connectivity index (χ0n) is 17.6. The Bertz CT molecular complexity index is 1070. The van der Waals surface area contributed by atoms with Gasteiger partial charge in [0.05, 0.1) is 11.6 Å². The summed E-state index contributed by atoms with van der Waals surface area (Å²) in [5.74, 6) is 1.01. The average molecular weight is 484 g/mol. The highest BCUT2D eigenvalue weighted by atomic mass is 79.9. The molecule has 31 heavy (non-hydrogen) atoms. The van der Waals surface area contributed by atoms with Gasteiger partial charge in [-0.1, -0.05) is 35.0 Å². The number of aliphatic hydroxyl groups is 1. The molecule has 4 rings (SSSR count). The highest BCUT2D eigenvalue weighted by Crippen LogP contribution is 2.33. The number of benzene rings is 1. The second-order valence-electron chi connectivity index (χ2n) is 8.26. The Kier molecular flexibility index (Phi) is 6.48. The van der Waals surface area contributed by atoms with Crippen LogP contribution in [0.15, 0.2) is 53.5 Å². The summed E-state index contributed by atoms with van der Waals surface area (Å²) in [4.78, 5) is 21.6. The van der Waals surface area contributed by atoms with Crippen LogP contribution in [-0.4, -0.2) is 43.3 Å². The topological polar surface area (TPSA) is 92.9 Å². The lowest BCUT2D eigenvalue weighted by molar-refractivity contribution is 0.103. The number of halogens is 1. The van der Waals surface area contributed by atoms with E-state index in [2.05, 4.69) is 43.2 Å². The van der Waals surface area contributed by atoms with E-state index in [1.54, 1.807) is 10.7 Å². The van der Waals surface area contributed by atoms with Crippen LogP contribution in [0.1, 0.15) is 54.3 Å². The zero-order chi connectivity index (χ0) is 22.0. The van der Waals surface area contributed by atoms with E-state index >= 15 is 0 Å². The van der Waals surface area contributed by atoms with Crippen molar-refractivity contribution in [1.29, 1.82) is 0 Å². The summed E-state index contributed by atoms with van der Waals surface area (Å²) in [5, 5.41) is 17.5. The highest BCUT2D eigenvalue weighted by Gasteiger charge is 2.31. The molecule has 1 aliphatic rings. The van der Waals surface area contributed by atoms with Crippen LogP contribution in [0.5, 0.6) is 0 Å². The first-order valence-corrected chi connectivity index (χ1v) is 11.3. The van der Waals surface area contributed by atoms with E-state index < -0.39 is 0 Å². The van der Waals surface area contributed by atoms with Crippen molar-refractivity contribution >= 4 is 27.5 Å². The lowest BCUT2D eigenvalue weighted by atomic mass is 10.00. The summed E-state index contributed by atoms with van der Waals surface area (Å²) in [7, 11) is 0. The third-order valence-corrected chi connectivity index (χ3v) is 6.64. The van der Waals surface area contributed by atoms with Gasteiger partial charge in [0.15, 0.2) is 0 Å². The monoisotopic (exact) mass is 483 g/mol. The van der Waals surface area contributed by atoms with Crippen LogP contribution in [-0.2, 0) is 0 Å². The summed E-state index contributed by atoms with van der Waals surface area (Å²) in [6.45, 7) is 4.37. The van der Waals surface area contributed by atoms with Crippen LogP contribution in [0.3, 0.4) is 0 Å². The molecule has 1 unspecified atom stereocenters. The number of rotatable bonds is 7. The minimum atomic E-state index is -0.215. The molecule has 7 nitrogen and oxygen atoms in total. The van der Waals surface area contributed by atoms with Gasteiger partial charge in [-0.3, -0.25) is 9.48 Å². The van der Waals surface area contributed by atoms with Crippen molar-refractivity contribution in [1.82, 2.24) is 19.7 Å². The lowest BCUT2D eigenvalue weighted by Gasteiger charge is -2.15. The molecule has 1 saturated carbocycles.